The van der Waals surface area contributed by atoms with Crippen LogP contribution in [0.4, 0.5) is 0 Å². The number of thiophene rings is 2. The molecule has 12 rings (SSSR count). The third-order valence-corrected chi connectivity index (χ3v) is 13.7. The van der Waals surface area contributed by atoms with E-state index < -0.39 is 0 Å². The third kappa shape index (κ3) is 6.91. The molecule has 6 fully saturated rings. The maximum atomic E-state index is 9.29. The maximum absolute atomic E-state index is 9.29. The summed E-state index contributed by atoms with van der Waals surface area (Å²) in [5.74, 6) is 1.49. The molecule has 4 bridgehead atoms. The van der Waals surface area contributed by atoms with E-state index in [1.54, 1.807) is 22.7 Å². The van der Waals surface area contributed by atoms with Gasteiger partial charge in [0.05, 0.1) is 37.7 Å². The van der Waals surface area contributed by atoms with Crippen molar-refractivity contribution in [2.75, 3.05) is 39.3 Å². The fraction of sp³-hybridized carbons (Fsp3) is 0.400. The first-order valence-electron chi connectivity index (χ1n) is 18.5. The Balaban J connectivity index is 0.000000138. The van der Waals surface area contributed by atoms with Crippen molar-refractivity contribution in [1.29, 1.82) is 0 Å². The topological polar surface area (TPSA) is 108 Å². The molecule has 10 nitrogen and oxygen atoms in total. The highest BCUT2D eigenvalue weighted by Crippen LogP contribution is 2.38. The van der Waals surface area contributed by atoms with Crippen LogP contribution in [0.15, 0.2) is 85.2 Å². The van der Waals surface area contributed by atoms with Crippen LogP contribution in [0, 0.1) is 11.8 Å². The Morgan fingerprint density at radius 2 is 1.04 bits per heavy atom. The summed E-state index contributed by atoms with van der Waals surface area (Å²) in [6.45, 7) is 7.37. The minimum absolute atomic E-state index is 0.0955. The summed E-state index contributed by atoms with van der Waals surface area (Å²) in [7, 11) is 0. The van der Waals surface area contributed by atoms with Crippen LogP contribution in [0.1, 0.15) is 47.5 Å². The molecular weight excluding hydrogens is 689 g/mol. The van der Waals surface area contributed by atoms with Crippen LogP contribution in [0.2, 0.25) is 0 Å². The largest absolute Gasteiger partial charge is 0.391 e. The van der Waals surface area contributed by atoms with Gasteiger partial charge in [-0.25, -0.2) is 9.36 Å². The lowest BCUT2D eigenvalue weighted by molar-refractivity contribution is 0.0504. The summed E-state index contributed by atoms with van der Waals surface area (Å²) < 4.78 is 4.18. The first-order valence-corrected chi connectivity index (χ1v) is 20.1. The summed E-state index contributed by atoms with van der Waals surface area (Å²) in [4.78, 5) is 9.41. The number of aliphatic hydroxyl groups excluding tert-OH is 2. The summed E-state index contributed by atoms with van der Waals surface area (Å²) in [6, 6.07) is 25.9. The van der Waals surface area contributed by atoms with Gasteiger partial charge in [-0.05, 0) is 105 Å². The average molecular weight is 733 g/mol. The number of aliphatic hydroxyl groups is 2. The molecule has 2 N–H and O–H groups in total. The number of rotatable bonds is 8. The van der Waals surface area contributed by atoms with Crippen LogP contribution in [0.3, 0.4) is 0 Å². The Morgan fingerprint density at radius 1 is 0.558 bits per heavy atom. The zero-order valence-electron chi connectivity index (χ0n) is 29.2. The molecule has 52 heavy (non-hydrogen) atoms. The van der Waals surface area contributed by atoms with E-state index in [0.717, 1.165) is 62.8 Å². The van der Waals surface area contributed by atoms with Crippen LogP contribution in [-0.4, -0.2) is 89.3 Å². The number of piperidine rings is 6. The molecule has 10 heterocycles. The minimum Gasteiger partial charge on any atom is -0.391 e. The Bertz CT molecular complexity index is 2100. The molecule has 0 radical (unpaired) electrons. The van der Waals surface area contributed by atoms with Crippen LogP contribution in [-0.2, 0) is 13.2 Å². The Kier molecular flexibility index (Phi) is 9.59. The lowest BCUT2D eigenvalue weighted by atomic mass is 9.84. The SMILES string of the molecule is OCc1ccc(-c2ccc(-c3cn([C@H]4CN5CCC4CC5)nn3)cc2)s1.OCc1ccc(-c2cccc(-c3cn([C@H]4CN5CCC4CC5)nn3)c2)s1. The second-order valence-electron chi connectivity index (χ2n) is 14.6. The molecule has 6 aromatic rings. The molecule has 0 aliphatic carbocycles. The van der Waals surface area contributed by atoms with Gasteiger partial charge in [-0.2, -0.15) is 0 Å². The molecule has 0 spiro atoms. The van der Waals surface area contributed by atoms with E-state index in [4.69, 9.17) is 0 Å². The van der Waals surface area contributed by atoms with Gasteiger partial charge in [0.1, 0.15) is 11.4 Å². The highest BCUT2D eigenvalue weighted by Gasteiger charge is 2.37. The third-order valence-electron chi connectivity index (χ3n) is 11.5. The number of aromatic nitrogens is 6. The van der Waals surface area contributed by atoms with Crippen molar-refractivity contribution < 1.29 is 10.2 Å². The standard InChI is InChI=1S/2C20H22N4OS/c25-13-17-5-6-20(26-17)16-3-1-14(2-4-16)18-11-24(22-21-18)19-12-23-9-7-15(19)8-10-23;25-13-17-4-5-20(26-17)16-3-1-2-15(10-16)18-11-24(22-21-18)19-12-23-8-6-14(19)7-9-23/h1-6,11,15,19,25H,7-10,12-13H2;1-5,10-11,14,19,25H,6-9,12-13H2/t2*19-/m00/s1. The minimum atomic E-state index is 0.0955. The fourth-order valence-corrected chi connectivity index (χ4v) is 10.2. The maximum Gasteiger partial charge on any atom is 0.113 e. The Morgan fingerprint density at radius 3 is 1.52 bits per heavy atom. The Labute approximate surface area is 312 Å². The molecule has 268 valence electrons. The molecule has 0 saturated carbocycles. The normalized spacial score (nSPS) is 24.9. The molecule has 12 heteroatoms. The molecule has 2 aromatic carbocycles. The van der Waals surface area contributed by atoms with E-state index in [9.17, 15) is 10.2 Å². The predicted molar refractivity (Wildman–Crippen MR) is 206 cm³/mol. The van der Waals surface area contributed by atoms with Gasteiger partial charge < -0.3 is 20.0 Å². The van der Waals surface area contributed by atoms with Crippen molar-refractivity contribution in [2.24, 2.45) is 11.8 Å². The van der Waals surface area contributed by atoms with E-state index in [0.29, 0.717) is 12.1 Å². The quantitative estimate of drug-likeness (QED) is 0.175. The molecule has 6 aliphatic heterocycles. The van der Waals surface area contributed by atoms with E-state index in [1.165, 1.54) is 67.2 Å². The van der Waals surface area contributed by atoms with Gasteiger partial charge in [-0.1, -0.05) is 52.9 Å². The summed E-state index contributed by atoms with van der Waals surface area (Å²) in [6.07, 6.45) is 9.34. The number of hydrogen-bond acceptors (Lipinski definition) is 10. The molecule has 2 atom stereocenters. The highest BCUT2D eigenvalue weighted by molar-refractivity contribution is 7.15. The number of nitrogens with zero attached hydrogens (tertiary/aromatic N) is 8. The van der Waals surface area contributed by atoms with Crippen LogP contribution < -0.4 is 0 Å². The smallest absolute Gasteiger partial charge is 0.113 e. The lowest BCUT2D eigenvalue weighted by Crippen LogP contribution is -2.48. The first kappa shape index (κ1) is 33.8. The Hall–Kier alpha value is -4.04. The van der Waals surface area contributed by atoms with E-state index >= 15 is 0 Å². The summed E-state index contributed by atoms with van der Waals surface area (Å²) in [5.41, 5.74) is 6.39. The summed E-state index contributed by atoms with van der Waals surface area (Å²) in [5, 5.41) is 36.3. The van der Waals surface area contributed by atoms with Crippen molar-refractivity contribution in [3.63, 3.8) is 0 Å². The van der Waals surface area contributed by atoms with Crippen LogP contribution in [0.5, 0.6) is 0 Å². The van der Waals surface area contributed by atoms with Crippen molar-refractivity contribution in [2.45, 2.75) is 51.0 Å². The van der Waals surface area contributed by atoms with Crippen molar-refractivity contribution in [3.05, 3.63) is 94.9 Å². The van der Waals surface area contributed by atoms with Gasteiger partial charge in [-0.3, -0.25) is 0 Å². The zero-order valence-corrected chi connectivity index (χ0v) is 30.8. The average Bonchev–Trinajstić information content (AvgIpc) is 4.07. The highest BCUT2D eigenvalue weighted by atomic mass is 32.1. The summed E-state index contributed by atoms with van der Waals surface area (Å²) >= 11 is 3.26. The monoisotopic (exact) mass is 732 g/mol. The molecule has 4 aromatic heterocycles. The van der Waals surface area contributed by atoms with Gasteiger partial charge in [0.25, 0.3) is 0 Å². The van der Waals surface area contributed by atoms with Crippen LogP contribution >= 0.6 is 22.7 Å². The molecular formula is C40H44N8O2S2. The first-order chi connectivity index (χ1) is 25.6. The predicted octanol–water partition coefficient (Wildman–Crippen LogP) is 6.87. The zero-order chi connectivity index (χ0) is 35.0. The van der Waals surface area contributed by atoms with Crippen LogP contribution in [0.25, 0.3) is 43.4 Å². The second-order valence-corrected chi connectivity index (χ2v) is 16.9. The molecule has 0 unspecified atom stereocenters. The number of fused-ring (bicyclic) bond motifs is 6. The van der Waals surface area contributed by atoms with Gasteiger partial charge in [0, 0.05) is 43.7 Å². The number of benzene rings is 2. The molecule has 0 amide bonds. The van der Waals surface area contributed by atoms with Gasteiger partial charge in [0.2, 0.25) is 0 Å². The second kappa shape index (κ2) is 14.8. The van der Waals surface area contributed by atoms with Gasteiger partial charge >= 0.3 is 0 Å². The fourth-order valence-electron chi connectivity index (χ4n) is 8.48. The number of hydrogen-bond donors (Lipinski definition) is 2. The molecule has 6 saturated heterocycles. The van der Waals surface area contributed by atoms with E-state index in [1.807, 2.05) is 12.1 Å². The van der Waals surface area contributed by atoms with Gasteiger partial charge in [0.15, 0.2) is 0 Å². The van der Waals surface area contributed by atoms with Crippen molar-refractivity contribution >= 4 is 22.7 Å². The van der Waals surface area contributed by atoms with Crippen molar-refractivity contribution in [1.82, 2.24) is 39.8 Å². The van der Waals surface area contributed by atoms with E-state index in [2.05, 4.69) is 113 Å². The lowest BCUT2D eigenvalue weighted by Gasteiger charge is -2.44. The van der Waals surface area contributed by atoms with Gasteiger partial charge in [-0.15, -0.1) is 32.9 Å². The van der Waals surface area contributed by atoms with E-state index in [-0.39, 0.29) is 13.2 Å². The molecule has 6 aliphatic rings. The van der Waals surface area contributed by atoms with Crippen molar-refractivity contribution in [3.8, 4) is 43.4 Å².